The first-order valence-electron chi connectivity index (χ1n) is 11.2. The molecule has 1 saturated heterocycles. The Bertz CT molecular complexity index is 997. The fourth-order valence-corrected chi connectivity index (χ4v) is 3.95. The van der Waals surface area contributed by atoms with E-state index in [4.69, 9.17) is 5.73 Å². The average Bonchev–Trinajstić information content (AvgIpc) is 3.51. The molecule has 0 saturated carbocycles. The quantitative estimate of drug-likeness (QED) is 0.314. The van der Waals surface area contributed by atoms with Crippen LogP contribution in [0.2, 0.25) is 0 Å². The number of H-pyrrole nitrogens is 1. The minimum Gasteiger partial charge on any atom is -0.480 e. The lowest BCUT2D eigenvalue weighted by Crippen LogP contribution is -2.57. The highest BCUT2D eigenvalue weighted by molar-refractivity contribution is 5.94. The zero-order chi connectivity index (χ0) is 24.7. The van der Waals surface area contributed by atoms with Crippen LogP contribution in [0.4, 0.5) is 0 Å². The van der Waals surface area contributed by atoms with E-state index in [1.54, 1.807) is 0 Å². The predicted octanol–water partition coefficient (Wildman–Crippen LogP) is -0.413. The number of carboxylic acids is 1. The van der Waals surface area contributed by atoms with E-state index in [0.29, 0.717) is 31.5 Å². The molecule has 4 atom stereocenters. The van der Waals surface area contributed by atoms with Crippen molar-refractivity contribution in [3.8, 4) is 0 Å². The summed E-state index contributed by atoms with van der Waals surface area (Å²) >= 11 is 0. The molecule has 2 heterocycles. The summed E-state index contributed by atoms with van der Waals surface area (Å²) in [6.07, 6.45) is 4.32. The van der Waals surface area contributed by atoms with Crippen molar-refractivity contribution in [3.05, 3.63) is 54.1 Å². The smallest absolute Gasteiger partial charge is 0.326 e. The van der Waals surface area contributed by atoms with E-state index in [1.807, 2.05) is 30.3 Å². The lowest BCUT2D eigenvalue weighted by atomic mass is 10.1. The Balaban J connectivity index is 1.64. The van der Waals surface area contributed by atoms with Crippen LogP contribution in [0.5, 0.6) is 0 Å². The highest BCUT2D eigenvalue weighted by Crippen LogP contribution is 2.19. The number of carbonyl (C=O) groups is 4. The van der Waals surface area contributed by atoms with E-state index in [9.17, 15) is 24.3 Å². The van der Waals surface area contributed by atoms with Crippen LogP contribution in [0, 0.1) is 0 Å². The Labute approximate surface area is 197 Å². The van der Waals surface area contributed by atoms with Crippen LogP contribution >= 0.6 is 0 Å². The van der Waals surface area contributed by atoms with Gasteiger partial charge in [-0.25, -0.2) is 9.78 Å². The summed E-state index contributed by atoms with van der Waals surface area (Å²) < 4.78 is 0. The zero-order valence-electron chi connectivity index (χ0n) is 18.9. The first kappa shape index (κ1) is 24.9. The van der Waals surface area contributed by atoms with Crippen LogP contribution in [0.3, 0.4) is 0 Å². The summed E-state index contributed by atoms with van der Waals surface area (Å²) in [5, 5.41) is 14.7. The minimum atomic E-state index is -1.08. The monoisotopic (exact) mass is 470 g/mol. The van der Waals surface area contributed by atoms with Crippen molar-refractivity contribution in [2.24, 2.45) is 5.73 Å². The number of carboxylic acid groups (broad SMARTS) is 1. The molecule has 1 aromatic heterocycles. The number of benzene rings is 1. The highest BCUT2D eigenvalue weighted by atomic mass is 16.4. The molecule has 0 spiro atoms. The third-order valence-corrected chi connectivity index (χ3v) is 5.80. The van der Waals surface area contributed by atoms with Crippen LogP contribution in [0.15, 0.2) is 42.9 Å². The summed E-state index contributed by atoms with van der Waals surface area (Å²) in [4.78, 5) is 58.2. The number of hydrogen-bond donors (Lipinski definition) is 5. The fraction of sp³-hybridized carbons (Fsp3) is 0.435. The third-order valence-electron chi connectivity index (χ3n) is 5.80. The predicted molar refractivity (Wildman–Crippen MR) is 122 cm³/mol. The van der Waals surface area contributed by atoms with Crippen molar-refractivity contribution in [2.75, 3.05) is 6.54 Å². The topological polar surface area (TPSA) is 171 Å². The summed E-state index contributed by atoms with van der Waals surface area (Å²) in [6.45, 7) is 1.79. The van der Waals surface area contributed by atoms with Gasteiger partial charge in [0.25, 0.3) is 0 Å². The van der Waals surface area contributed by atoms with E-state index in [0.717, 1.165) is 5.56 Å². The van der Waals surface area contributed by atoms with E-state index in [1.165, 1.54) is 24.3 Å². The van der Waals surface area contributed by atoms with Crippen LogP contribution in [-0.4, -0.2) is 74.4 Å². The second-order valence-corrected chi connectivity index (χ2v) is 8.40. The van der Waals surface area contributed by atoms with Crippen molar-refractivity contribution in [2.45, 2.75) is 56.8 Å². The number of amides is 3. The van der Waals surface area contributed by atoms with Gasteiger partial charge in [-0.05, 0) is 31.7 Å². The number of imidazole rings is 1. The number of aliphatic carboxylic acids is 1. The summed E-state index contributed by atoms with van der Waals surface area (Å²) in [5.74, 6) is -2.64. The molecule has 0 radical (unpaired) electrons. The van der Waals surface area contributed by atoms with Crippen LogP contribution in [-0.2, 0) is 32.0 Å². The molecular formula is C23H30N6O5. The second-order valence-electron chi connectivity index (χ2n) is 8.40. The molecule has 1 aromatic carbocycles. The summed E-state index contributed by atoms with van der Waals surface area (Å²) in [5.41, 5.74) is 7.49. The zero-order valence-corrected chi connectivity index (χ0v) is 18.9. The molecule has 2 aromatic rings. The molecule has 3 rings (SSSR count). The minimum absolute atomic E-state index is 0.0988. The van der Waals surface area contributed by atoms with Gasteiger partial charge in [-0.15, -0.1) is 0 Å². The molecule has 11 heteroatoms. The molecule has 1 aliphatic heterocycles. The Kier molecular flexibility index (Phi) is 8.36. The molecule has 4 unspecified atom stereocenters. The van der Waals surface area contributed by atoms with Gasteiger partial charge < -0.3 is 31.4 Å². The number of rotatable bonds is 10. The highest BCUT2D eigenvalue weighted by Gasteiger charge is 2.38. The molecule has 11 nitrogen and oxygen atoms in total. The summed E-state index contributed by atoms with van der Waals surface area (Å²) in [7, 11) is 0. The van der Waals surface area contributed by atoms with Crippen LogP contribution < -0.4 is 16.4 Å². The Morgan fingerprint density at radius 1 is 1.18 bits per heavy atom. The van der Waals surface area contributed by atoms with E-state index in [-0.39, 0.29) is 6.42 Å². The Hall–Kier alpha value is -3.73. The van der Waals surface area contributed by atoms with Crippen molar-refractivity contribution in [3.63, 3.8) is 0 Å². The number of likely N-dealkylation sites (tertiary alicyclic amines) is 1. The molecule has 0 aliphatic carbocycles. The molecule has 182 valence electrons. The normalized spacial score (nSPS) is 18.1. The Morgan fingerprint density at radius 3 is 2.56 bits per heavy atom. The molecule has 34 heavy (non-hydrogen) atoms. The number of nitrogens with zero attached hydrogens (tertiary/aromatic N) is 2. The third kappa shape index (κ3) is 6.41. The van der Waals surface area contributed by atoms with Crippen LogP contribution in [0.1, 0.15) is 31.0 Å². The van der Waals surface area contributed by atoms with Crippen molar-refractivity contribution < 1.29 is 24.3 Å². The van der Waals surface area contributed by atoms with E-state index >= 15 is 0 Å². The lowest BCUT2D eigenvalue weighted by molar-refractivity contribution is -0.149. The molecule has 6 N–H and O–H groups in total. The largest absolute Gasteiger partial charge is 0.480 e. The number of nitrogens with two attached hydrogens (primary N) is 1. The molecule has 1 aliphatic rings. The van der Waals surface area contributed by atoms with Gasteiger partial charge in [-0.2, -0.15) is 0 Å². The number of nitrogens with one attached hydrogen (secondary N) is 3. The number of carbonyl (C=O) groups excluding carboxylic acids is 3. The second kappa shape index (κ2) is 11.4. The maximum Gasteiger partial charge on any atom is 0.326 e. The van der Waals surface area contributed by atoms with Crippen molar-refractivity contribution in [1.82, 2.24) is 25.5 Å². The summed E-state index contributed by atoms with van der Waals surface area (Å²) in [6, 6.07) is 5.52. The van der Waals surface area contributed by atoms with Gasteiger partial charge in [0.2, 0.25) is 17.7 Å². The van der Waals surface area contributed by atoms with Crippen LogP contribution in [0.25, 0.3) is 0 Å². The van der Waals surface area contributed by atoms with Gasteiger partial charge in [0.15, 0.2) is 0 Å². The Morgan fingerprint density at radius 2 is 1.91 bits per heavy atom. The van der Waals surface area contributed by atoms with Gasteiger partial charge >= 0.3 is 5.97 Å². The number of hydrogen-bond acceptors (Lipinski definition) is 6. The fourth-order valence-electron chi connectivity index (χ4n) is 3.95. The van der Waals surface area contributed by atoms with Gasteiger partial charge in [0.1, 0.15) is 18.1 Å². The average molecular weight is 471 g/mol. The molecule has 3 amide bonds. The number of aromatic nitrogens is 2. The molecule has 0 bridgehead atoms. The first-order valence-corrected chi connectivity index (χ1v) is 11.2. The van der Waals surface area contributed by atoms with Crippen molar-refractivity contribution in [1.29, 1.82) is 0 Å². The lowest BCUT2D eigenvalue weighted by Gasteiger charge is -2.28. The number of aromatic amines is 1. The van der Waals surface area contributed by atoms with Gasteiger partial charge in [-0.3, -0.25) is 14.4 Å². The first-order chi connectivity index (χ1) is 16.3. The van der Waals surface area contributed by atoms with E-state index in [2.05, 4.69) is 20.6 Å². The molecular weight excluding hydrogens is 440 g/mol. The van der Waals surface area contributed by atoms with E-state index < -0.39 is 47.9 Å². The maximum atomic E-state index is 13.2. The standard InChI is InChI=1S/C23H30N6O5/c1-14(27-21(31)17(24)10-15-6-3-2-4-7-15)20(30)28-18(11-16-12-25-13-26-16)22(32)29-9-5-8-19(29)23(33)34/h2-4,6-7,12-14,17-19H,5,8-11,24H2,1H3,(H,25,26)(H,27,31)(H,28,30)(H,33,34). The SMILES string of the molecule is CC(NC(=O)C(N)Cc1ccccc1)C(=O)NC(Cc1cnc[nH]1)C(=O)N1CCCC1C(=O)O. The van der Waals surface area contributed by atoms with Gasteiger partial charge in [0.05, 0.1) is 12.4 Å². The van der Waals surface area contributed by atoms with Gasteiger partial charge in [0, 0.05) is 24.9 Å². The van der Waals surface area contributed by atoms with Gasteiger partial charge in [-0.1, -0.05) is 30.3 Å². The van der Waals surface area contributed by atoms with Crippen molar-refractivity contribution >= 4 is 23.7 Å². The molecule has 1 fully saturated rings. The maximum absolute atomic E-state index is 13.2.